The number of nitro groups is 1. The van der Waals surface area contributed by atoms with Crippen LogP contribution in [0.15, 0.2) is 60.7 Å². The van der Waals surface area contributed by atoms with Crippen LogP contribution in [-0.4, -0.2) is 60.1 Å². The largest absolute Gasteiger partial charge is 0.368 e. The van der Waals surface area contributed by atoms with Gasteiger partial charge in [-0.05, 0) is 67.0 Å². The number of halogens is 2. The van der Waals surface area contributed by atoms with Crippen LogP contribution in [0.5, 0.6) is 0 Å². The van der Waals surface area contributed by atoms with Gasteiger partial charge in [0.05, 0.1) is 15.6 Å². The lowest BCUT2D eigenvalue weighted by atomic mass is 10.1. The molecule has 0 aliphatic carbocycles. The Morgan fingerprint density at radius 2 is 1.56 bits per heavy atom. The summed E-state index contributed by atoms with van der Waals surface area (Å²) in [4.78, 5) is 30.6. The number of benzene rings is 3. The van der Waals surface area contributed by atoms with Gasteiger partial charge in [0.2, 0.25) is 0 Å². The van der Waals surface area contributed by atoms with Gasteiger partial charge in [-0.15, -0.1) is 0 Å². The van der Waals surface area contributed by atoms with Crippen molar-refractivity contribution in [1.82, 2.24) is 10.2 Å². The van der Waals surface area contributed by atoms with Crippen molar-refractivity contribution in [3.05, 3.63) is 92.0 Å². The van der Waals surface area contributed by atoms with Gasteiger partial charge in [-0.3, -0.25) is 25.1 Å². The summed E-state index contributed by atoms with van der Waals surface area (Å²) in [6.07, 6.45) is 1.98. The molecule has 0 bridgehead atoms. The maximum atomic E-state index is 12.8. The predicted molar refractivity (Wildman–Crippen MR) is 169 cm³/mol. The lowest BCUT2D eigenvalue weighted by Crippen LogP contribution is -2.46. The SMILES string of the molecule is O=C(NC(=S)Nc1ccc(N2CCN(Cc3ccccc3Cl)CC2)c(Cl)c1)c1ccc(N2CCCC2)c([N+](=O)[O-])c1. The van der Waals surface area contributed by atoms with Crippen LogP contribution in [0, 0.1) is 10.1 Å². The highest BCUT2D eigenvalue weighted by Gasteiger charge is 2.24. The van der Waals surface area contributed by atoms with Crippen LogP contribution in [0.25, 0.3) is 0 Å². The van der Waals surface area contributed by atoms with E-state index in [1.807, 2.05) is 35.2 Å². The van der Waals surface area contributed by atoms with Crippen molar-refractivity contribution in [2.75, 3.05) is 54.4 Å². The molecule has 3 aromatic carbocycles. The van der Waals surface area contributed by atoms with Crippen molar-refractivity contribution in [3.63, 3.8) is 0 Å². The maximum Gasteiger partial charge on any atom is 0.293 e. The standard InChI is InChI=1S/C29H30Cl2N6O3S/c30-23-6-2-1-5-21(23)19-34-13-15-36(16-14-34)25-10-8-22(18-24(25)31)32-29(41)33-28(38)20-7-9-26(27(17-20)37(39)40)35-11-3-4-12-35/h1-2,5-10,17-18H,3-4,11-16,19H2,(H2,32,33,38,41). The zero-order valence-electron chi connectivity index (χ0n) is 22.3. The molecule has 9 nitrogen and oxygen atoms in total. The van der Waals surface area contributed by atoms with Crippen LogP contribution in [-0.2, 0) is 6.54 Å². The normalized spacial score (nSPS) is 15.6. The van der Waals surface area contributed by atoms with E-state index >= 15 is 0 Å². The summed E-state index contributed by atoms with van der Waals surface area (Å²) in [7, 11) is 0. The molecule has 2 aliphatic rings. The van der Waals surface area contributed by atoms with Crippen molar-refractivity contribution >= 4 is 69.2 Å². The van der Waals surface area contributed by atoms with E-state index in [1.165, 1.54) is 6.07 Å². The zero-order valence-corrected chi connectivity index (χ0v) is 24.6. The van der Waals surface area contributed by atoms with E-state index in [-0.39, 0.29) is 16.4 Å². The first-order valence-corrected chi connectivity index (χ1v) is 14.6. The van der Waals surface area contributed by atoms with Crippen LogP contribution in [0.1, 0.15) is 28.8 Å². The van der Waals surface area contributed by atoms with Crippen molar-refractivity contribution in [1.29, 1.82) is 0 Å². The van der Waals surface area contributed by atoms with Crippen LogP contribution in [0.4, 0.5) is 22.7 Å². The number of piperazine rings is 1. The smallest absolute Gasteiger partial charge is 0.293 e. The second-order valence-corrected chi connectivity index (χ2v) is 11.3. The first-order valence-electron chi connectivity index (χ1n) is 13.4. The number of nitro benzene ring substituents is 1. The fraction of sp³-hybridized carbons (Fsp3) is 0.310. The molecule has 5 rings (SSSR count). The second kappa shape index (κ2) is 13.0. The van der Waals surface area contributed by atoms with Gasteiger partial charge in [0, 0.05) is 68.2 Å². The first kappa shape index (κ1) is 29.1. The van der Waals surface area contributed by atoms with Crippen molar-refractivity contribution in [2.24, 2.45) is 0 Å². The van der Waals surface area contributed by atoms with Gasteiger partial charge >= 0.3 is 0 Å². The Labute approximate surface area is 254 Å². The van der Waals surface area contributed by atoms with Gasteiger partial charge < -0.3 is 15.1 Å². The summed E-state index contributed by atoms with van der Waals surface area (Å²) in [5.74, 6) is -0.532. The molecule has 214 valence electrons. The molecule has 0 saturated carbocycles. The average molecular weight is 614 g/mol. The van der Waals surface area contributed by atoms with Gasteiger partial charge in [-0.1, -0.05) is 41.4 Å². The lowest BCUT2D eigenvalue weighted by Gasteiger charge is -2.36. The number of carbonyl (C=O) groups excluding carboxylic acids is 1. The molecule has 0 atom stereocenters. The highest BCUT2D eigenvalue weighted by atomic mass is 35.5. The van der Waals surface area contributed by atoms with Crippen LogP contribution < -0.4 is 20.4 Å². The molecule has 2 saturated heterocycles. The van der Waals surface area contributed by atoms with Crippen molar-refractivity contribution in [2.45, 2.75) is 19.4 Å². The number of nitrogens with zero attached hydrogens (tertiary/aromatic N) is 4. The summed E-state index contributed by atoms with van der Waals surface area (Å²) >= 11 is 18.3. The molecule has 2 aliphatic heterocycles. The van der Waals surface area contributed by atoms with E-state index in [9.17, 15) is 14.9 Å². The minimum absolute atomic E-state index is 0.0678. The second-order valence-electron chi connectivity index (χ2n) is 10.1. The molecule has 0 aromatic heterocycles. The summed E-state index contributed by atoms with van der Waals surface area (Å²) in [6, 6.07) is 18.0. The van der Waals surface area contributed by atoms with E-state index in [2.05, 4.69) is 26.5 Å². The Morgan fingerprint density at radius 3 is 2.24 bits per heavy atom. The van der Waals surface area contributed by atoms with E-state index in [0.717, 1.165) is 74.9 Å². The van der Waals surface area contributed by atoms with E-state index in [0.29, 0.717) is 16.4 Å². The van der Waals surface area contributed by atoms with Gasteiger partial charge in [-0.25, -0.2) is 0 Å². The summed E-state index contributed by atoms with van der Waals surface area (Å²) in [6.45, 7) is 5.76. The van der Waals surface area contributed by atoms with Crippen LogP contribution in [0.3, 0.4) is 0 Å². The molecule has 12 heteroatoms. The fourth-order valence-electron chi connectivity index (χ4n) is 5.23. The third-order valence-electron chi connectivity index (χ3n) is 7.38. The summed E-state index contributed by atoms with van der Waals surface area (Å²) in [5.41, 5.74) is 3.26. The molecule has 2 fully saturated rings. The Hall–Kier alpha value is -3.44. The molecular weight excluding hydrogens is 583 g/mol. The molecule has 0 spiro atoms. The third kappa shape index (κ3) is 7.08. The minimum Gasteiger partial charge on any atom is -0.368 e. The third-order valence-corrected chi connectivity index (χ3v) is 8.25. The number of hydrogen-bond donors (Lipinski definition) is 2. The Kier molecular flexibility index (Phi) is 9.24. The number of nitrogens with one attached hydrogen (secondary N) is 2. The Morgan fingerprint density at radius 1 is 0.878 bits per heavy atom. The van der Waals surface area contributed by atoms with Crippen LogP contribution in [0.2, 0.25) is 10.0 Å². The molecule has 3 aromatic rings. The monoisotopic (exact) mass is 612 g/mol. The number of rotatable bonds is 7. The highest BCUT2D eigenvalue weighted by Crippen LogP contribution is 2.32. The molecule has 2 heterocycles. The fourth-order valence-corrected chi connectivity index (χ4v) is 5.94. The minimum atomic E-state index is -0.532. The number of amides is 1. The quantitative estimate of drug-likeness (QED) is 0.192. The number of thiocarbonyl (C=S) groups is 1. The lowest BCUT2D eigenvalue weighted by molar-refractivity contribution is -0.384. The predicted octanol–water partition coefficient (Wildman–Crippen LogP) is 5.95. The van der Waals surface area contributed by atoms with Crippen LogP contribution >= 0.6 is 35.4 Å². The first-order chi connectivity index (χ1) is 19.8. The zero-order chi connectivity index (χ0) is 28.9. The summed E-state index contributed by atoms with van der Waals surface area (Å²) < 4.78 is 0. The van der Waals surface area contributed by atoms with Gasteiger partial charge in [0.15, 0.2) is 5.11 Å². The summed E-state index contributed by atoms with van der Waals surface area (Å²) in [5, 5.41) is 18.7. The van der Waals surface area contributed by atoms with Gasteiger partial charge in [0.1, 0.15) is 5.69 Å². The molecule has 1 amide bonds. The van der Waals surface area contributed by atoms with Gasteiger partial charge in [-0.2, -0.15) is 0 Å². The average Bonchev–Trinajstić information content (AvgIpc) is 3.49. The Balaban J connectivity index is 1.16. The number of anilines is 3. The van der Waals surface area contributed by atoms with E-state index in [1.54, 1.807) is 18.2 Å². The Bertz CT molecular complexity index is 1460. The van der Waals surface area contributed by atoms with Gasteiger partial charge in [0.25, 0.3) is 11.6 Å². The topological polar surface area (TPSA) is 94.0 Å². The number of hydrogen-bond acceptors (Lipinski definition) is 7. The molecule has 41 heavy (non-hydrogen) atoms. The maximum absolute atomic E-state index is 12.8. The molecule has 0 radical (unpaired) electrons. The molecule has 2 N–H and O–H groups in total. The molecular formula is C29H30Cl2N6O3S. The highest BCUT2D eigenvalue weighted by molar-refractivity contribution is 7.80. The van der Waals surface area contributed by atoms with E-state index < -0.39 is 10.8 Å². The molecule has 0 unspecified atom stereocenters. The van der Waals surface area contributed by atoms with Crippen molar-refractivity contribution in [3.8, 4) is 0 Å². The van der Waals surface area contributed by atoms with E-state index in [4.69, 9.17) is 35.4 Å². The number of carbonyl (C=O) groups is 1. The van der Waals surface area contributed by atoms with Crippen molar-refractivity contribution < 1.29 is 9.72 Å².